The molecule has 2 rings (SSSR count). The summed E-state index contributed by atoms with van der Waals surface area (Å²) in [5.74, 6) is 0.413. The normalized spacial score (nSPS) is 16.1. The van der Waals surface area contributed by atoms with E-state index in [2.05, 4.69) is 0 Å². The molecule has 0 saturated carbocycles. The third kappa shape index (κ3) is 1.96. The zero-order valence-electron chi connectivity index (χ0n) is 8.72. The second-order valence-corrected chi connectivity index (χ2v) is 5.28. The molecule has 16 heavy (non-hydrogen) atoms. The highest BCUT2D eigenvalue weighted by Crippen LogP contribution is 2.34. The van der Waals surface area contributed by atoms with Gasteiger partial charge in [-0.2, -0.15) is 0 Å². The minimum absolute atomic E-state index is 0.270. The standard InChI is InChI=1S/C11H13NO3S/c12-6-2-7-15-10-4-1-3-9-5-8-16(13,14)11(9)10/h1,3-5,8H,2,6-7,12H2. The fourth-order valence-corrected chi connectivity index (χ4v) is 2.91. The first kappa shape index (κ1) is 11.2. The summed E-state index contributed by atoms with van der Waals surface area (Å²) < 4.78 is 28.9. The lowest BCUT2D eigenvalue weighted by Crippen LogP contribution is -2.08. The van der Waals surface area contributed by atoms with E-state index in [1.165, 1.54) is 5.41 Å². The number of nitrogens with two attached hydrogens (primary N) is 1. The largest absolute Gasteiger partial charge is 0.492 e. The zero-order chi connectivity index (χ0) is 11.6. The Morgan fingerprint density at radius 1 is 1.31 bits per heavy atom. The van der Waals surface area contributed by atoms with Crippen molar-refractivity contribution in [3.63, 3.8) is 0 Å². The van der Waals surface area contributed by atoms with Crippen LogP contribution in [0.2, 0.25) is 0 Å². The summed E-state index contributed by atoms with van der Waals surface area (Å²) in [5, 5.41) is 1.20. The Morgan fingerprint density at radius 2 is 2.12 bits per heavy atom. The van der Waals surface area contributed by atoms with Crippen LogP contribution in [0.4, 0.5) is 0 Å². The second-order valence-electron chi connectivity index (χ2n) is 3.51. The predicted octanol–water partition coefficient (Wildman–Crippen LogP) is 1.17. The molecular formula is C11H13NO3S. The average Bonchev–Trinajstić information content (AvgIpc) is 2.56. The second kappa shape index (κ2) is 4.27. The molecule has 0 aromatic heterocycles. The smallest absolute Gasteiger partial charge is 0.204 e. The van der Waals surface area contributed by atoms with Crippen molar-refractivity contribution >= 4 is 15.9 Å². The van der Waals surface area contributed by atoms with E-state index in [0.29, 0.717) is 30.9 Å². The van der Waals surface area contributed by atoms with Crippen molar-refractivity contribution in [2.24, 2.45) is 5.73 Å². The van der Waals surface area contributed by atoms with Crippen LogP contribution in [0.5, 0.6) is 5.75 Å². The molecule has 0 aliphatic carbocycles. The first-order valence-electron chi connectivity index (χ1n) is 5.04. The molecule has 0 unspecified atom stereocenters. The van der Waals surface area contributed by atoms with Crippen LogP contribution in [0.1, 0.15) is 12.0 Å². The van der Waals surface area contributed by atoms with Gasteiger partial charge in [0, 0.05) is 5.41 Å². The number of ether oxygens (including phenoxy) is 1. The van der Waals surface area contributed by atoms with Crippen LogP contribution in [-0.4, -0.2) is 21.6 Å². The van der Waals surface area contributed by atoms with E-state index in [1.54, 1.807) is 24.3 Å². The molecule has 1 aliphatic heterocycles. The Bertz CT molecular complexity index is 520. The molecule has 86 valence electrons. The molecule has 0 bridgehead atoms. The fraction of sp³-hybridized carbons (Fsp3) is 0.273. The molecule has 0 saturated heterocycles. The molecule has 1 aromatic carbocycles. The van der Waals surface area contributed by atoms with Gasteiger partial charge in [0.15, 0.2) is 0 Å². The summed E-state index contributed by atoms with van der Waals surface area (Å²) >= 11 is 0. The molecule has 1 aliphatic rings. The van der Waals surface area contributed by atoms with Gasteiger partial charge in [-0.25, -0.2) is 8.42 Å². The maximum atomic E-state index is 11.7. The lowest BCUT2D eigenvalue weighted by atomic mass is 10.2. The molecule has 0 radical (unpaired) electrons. The van der Waals surface area contributed by atoms with Gasteiger partial charge in [0.1, 0.15) is 10.6 Å². The SMILES string of the molecule is NCCCOc1cccc2c1S(=O)(=O)C=C2. The third-order valence-electron chi connectivity index (χ3n) is 2.33. The summed E-state index contributed by atoms with van der Waals surface area (Å²) in [7, 11) is -3.31. The zero-order valence-corrected chi connectivity index (χ0v) is 9.53. The molecular weight excluding hydrogens is 226 g/mol. The Morgan fingerprint density at radius 3 is 2.88 bits per heavy atom. The van der Waals surface area contributed by atoms with Gasteiger partial charge < -0.3 is 10.5 Å². The van der Waals surface area contributed by atoms with Crippen molar-refractivity contribution < 1.29 is 13.2 Å². The highest BCUT2D eigenvalue weighted by molar-refractivity contribution is 7.95. The Kier molecular flexibility index (Phi) is 2.98. The van der Waals surface area contributed by atoms with Crippen molar-refractivity contribution in [3.8, 4) is 5.75 Å². The van der Waals surface area contributed by atoms with Gasteiger partial charge >= 0.3 is 0 Å². The van der Waals surface area contributed by atoms with E-state index in [4.69, 9.17) is 10.5 Å². The van der Waals surface area contributed by atoms with Gasteiger partial charge in [0.25, 0.3) is 0 Å². The van der Waals surface area contributed by atoms with Crippen molar-refractivity contribution in [2.45, 2.75) is 11.3 Å². The van der Waals surface area contributed by atoms with Crippen molar-refractivity contribution in [2.75, 3.05) is 13.2 Å². The van der Waals surface area contributed by atoms with E-state index in [-0.39, 0.29) is 4.90 Å². The van der Waals surface area contributed by atoms with E-state index in [9.17, 15) is 8.42 Å². The first-order chi connectivity index (χ1) is 7.65. The van der Waals surface area contributed by atoms with Crippen LogP contribution in [0.3, 0.4) is 0 Å². The first-order valence-corrected chi connectivity index (χ1v) is 6.59. The molecule has 0 spiro atoms. The minimum atomic E-state index is -3.31. The van der Waals surface area contributed by atoms with Gasteiger partial charge in [-0.05, 0) is 30.7 Å². The van der Waals surface area contributed by atoms with Gasteiger partial charge in [-0.3, -0.25) is 0 Å². The third-order valence-corrected chi connectivity index (χ3v) is 3.83. The predicted molar refractivity (Wildman–Crippen MR) is 61.8 cm³/mol. The number of sulfone groups is 1. The summed E-state index contributed by atoms with van der Waals surface area (Å²) in [6.45, 7) is 0.961. The lowest BCUT2D eigenvalue weighted by molar-refractivity contribution is 0.305. The van der Waals surface area contributed by atoms with E-state index < -0.39 is 9.84 Å². The molecule has 0 fully saturated rings. The van der Waals surface area contributed by atoms with Crippen LogP contribution in [0.15, 0.2) is 28.5 Å². The molecule has 5 heteroatoms. The number of hydrogen-bond donors (Lipinski definition) is 1. The number of benzene rings is 1. The Hall–Kier alpha value is -1.33. The molecule has 0 amide bonds. The van der Waals surface area contributed by atoms with E-state index in [0.717, 1.165) is 0 Å². The Labute approximate surface area is 94.6 Å². The molecule has 0 atom stereocenters. The highest BCUT2D eigenvalue weighted by Gasteiger charge is 2.25. The molecule has 4 nitrogen and oxygen atoms in total. The summed E-state index contributed by atoms with van der Waals surface area (Å²) in [4.78, 5) is 0.270. The van der Waals surface area contributed by atoms with Gasteiger partial charge in [0.05, 0.1) is 6.61 Å². The van der Waals surface area contributed by atoms with Crippen LogP contribution in [0.25, 0.3) is 6.08 Å². The summed E-state index contributed by atoms with van der Waals surface area (Å²) in [6.07, 6.45) is 2.29. The van der Waals surface area contributed by atoms with Gasteiger partial charge in [-0.1, -0.05) is 12.1 Å². The van der Waals surface area contributed by atoms with Crippen molar-refractivity contribution in [3.05, 3.63) is 29.2 Å². The maximum absolute atomic E-state index is 11.7. The van der Waals surface area contributed by atoms with Crippen LogP contribution in [-0.2, 0) is 9.84 Å². The van der Waals surface area contributed by atoms with Gasteiger partial charge in [-0.15, -0.1) is 0 Å². The van der Waals surface area contributed by atoms with E-state index in [1.807, 2.05) is 0 Å². The highest BCUT2D eigenvalue weighted by atomic mass is 32.2. The van der Waals surface area contributed by atoms with E-state index >= 15 is 0 Å². The number of fused-ring (bicyclic) bond motifs is 1. The molecule has 2 N–H and O–H groups in total. The van der Waals surface area contributed by atoms with Gasteiger partial charge in [0.2, 0.25) is 9.84 Å². The topological polar surface area (TPSA) is 69.4 Å². The fourth-order valence-electron chi connectivity index (χ4n) is 1.58. The van der Waals surface area contributed by atoms with Crippen LogP contribution in [0, 0.1) is 0 Å². The molecule has 1 aromatic rings. The lowest BCUT2D eigenvalue weighted by Gasteiger charge is -2.09. The number of rotatable bonds is 4. The average molecular weight is 239 g/mol. The summed E-state index contributed by atoms with van der Waals surface area (Å²) in [5.41, 5.74) is 6.03. The summed E-state index contributed by atoms with van der Waals surface area (Å²) in [6, 6.07) is 5.20. The maximum Gasteiger partial charge on any atom is 0.204 e. The molecule has 1 heterocycles. The van der Waals surface area contributed by atoms with Crippen LogP contribution >= 0.6 is 0 Å². The van der Waals surface area contributed by atoms with Crippen molar-refractivity contribution in [1.29, 1.82) is 0 Å². The number of hydrogen-bond acceptors (Lipinski definition) is 4. The quantitative estimate of drug-likeness (QED) is 0.801. The minimum Gasteiger partial charge on any atom is -0.492 e. The van der Waals surface area contributed by atoms with Crippen LogP contribution < -0.4 is 10.5 Å². The Balaban J connectivity index is 2.32. The van der Waals surface area contributed by atoms with Crippen molar-refractivity contribution in [1.82, 2.24) is 0 Å². The monoisotopic (exact) mass is 239 g/mol.